The number of ether oxygens (including phenoxy) is 1. The molecule has 0 saturated carbocycles. The number of nitrogens with zero attached hydrogens (tertiary/aromatic N) is 2. The average Bonchev–Trinajstić information content (AvgIpc) is 2.68. The van der Waals surface area contributed by atoms with Gasteiger partial charge in [0.25, 0.3) is 0 Å². The highest BCUT2D eigenvalue weighted by atomic mass is 35.5. The number of hydrogen-bond acceptors (Lipinski definition) is 4. The highest BCUT2D eigenvalue weighted by Gasteiger charge is 2.21. The fraction of sp³-hybridized carbons (Fsp3) is 0.227. The van der Waals surface area contributed by atoms with E-state index in [-0.39, 0.29) is 12.3 Å². The molecular formula is C22H20ClN3O2. The molecule has 1 aromatic heterocycles. The molecule has 3 rings (SSSR count). The van der Waals surface area contributed by atoms with Gasteiger partial charge in [-0.1, -0.05) is 23.7 Å². The Morgan fingerprint density at radius 3 is 2.68 bits per heavy atom. The molecule has 1 heterocycles. The van der Waals surface area contributed by atoms with Gasteiger partial charge in [-0.25, -0.2) is 4.98 Å². The first-order valence-corrected chi connectivity index (χ1v) is 9.37. The zero-order valence-corrected chi connectivity index (χ0v) is 16.5. The number of aromatic nitrogens is 1. The van der Waals surface area contributed by atoms with Crippen LogP contribution in [0.25, 0.3) is 10.9 Å². The first kappa shape index (κ1) is 19.7. The molecule has 1 amide bonds. The molecule has 0 saturated heterocycles. The summed E-state index contributed by atoms with van der Waals surface area (Å²) in [5.41, 5.74) is 3.16. The number of carbonyl (C=O) groups excluding carboxylic acids is 1. The number of benzene rings is 2. The van der Waals surface area contributed by atoms with E-state index in [0.717, 1.165) is 22.2 Å². The fourth-order valence-corrected chi connectivity index (χ4v) is 3.11. The van der Waals surface area contributed by atoms with Crippen LogP contribution in [0.4, 0.5) is 5.69 Å². The Hall–Kier alpha value is -3.10. The maximum atomic E-state index is 12.5. The van der Waals surface area contributed by atoms with Crippen LogP contribution in [-0.2, 0) is 11.2 Å². The Balaban J connectivity index is 1.75. The number of nitriles is 1. The third-order valence-electron chi connectivity index (χ3n) is 4.33. The van der Waals surface area contributed by atoms with Gasteiger partial charge in [-0.3, -0.25) is 4.79 Å². The Kier molecular flexibility index (Phi) is 6.13. The van der Waals surface area contributed by atoms with Crippen LogP contribution in [0.3, 0.4) is 0 Å². The van der Waals surface area contributed by atoms with Crippen LogP contribution >= 0.6 is 11.6 Å². The maximum Gasteiger partial charge on any atom is 0.242 e. The van der Waals surface area contributed by atoms with Crippen LogP contribution in [0.15, 0.2) is 48.5 Å². The van der Waals surface area contributed by atoms with Crippen LogP contribution in [0.1, 0.15) is 18.1 Å². The number of carbonyl (C=O) groups is 1. The molecule has 6 heteroatoms. The minimum Gasteiger partial charge on any atom is -0.494 e. The first-order valence-electron chi connectivity index (χ1n) is 8.99. The lowest BCUT2D eigenvalue weighted by molar-refractivity contribution is -0.118. The van der Waals surface area contributed by atoms with Crippen molar-refractivity contribution in [2.75, 3.05) is 11.9 Å². The van der Waals surface area contributed by atoms with Gasteiger partial charge in [-0.05, 0) is 61.4 Å². The summed E-state index contributed by atoms with van der Waals surface area (Å²) in [4.78, 5) is 17.0. The highest BCUT2D eigenvalue weighted by Crippen LogP contribution is 2.24. The van der Waals surface area contributed by atoms with Gasteiger partial charge in [0.05, 0.1) is 18.2 Å². The largest absolute Gasteiger partial charge is 0.494 e. The summed E-state index contributed by atoms with van der Waals surface area (Å²) in [5.74, 6) is -0.540. The van der Waals surface area contributed by atoms with Gasteiger partial charge < -0.3 is 10.1 Å². The fourth-order valence-electron chi connectivity index (χ4n) is 2.89. The van der Waals surface area contributed by atoms with E-state index in [1.807, 2.05) is 38.1 Å². The van der Waals surface area contributed by atoms with Crippen molar-refractivity contribution in [3.05, 3.63) is 64.8 Å². The van der Waals surface area contributed by atoms with Crippen LogP contribution in [0, 0.1) is 24.2 Å². The van der Waals surface area contributed by atoms with Crippen LogP contribution in [0.2, 0.25) is 5.15 Å². The molecule has 0 aliphatic heterocycles. The van der Waals surface area contributed by atoms with Crippen molar-refractivity contribution in [2.45, 2.75) is 20.3 Å². The summed E-state index contributed by atoms with van der Waals surface area (Å²) in [6.45, 7) is 4.46. The van der Waals surface area contributed by atoms with Gasteiger partial charge >= 0.3 is 0 Å². The number of anilines is 1. The molecule has 3 aromatic rings. The molecule has 0 bridgehead atoms. The molecule has 0 aliphatic rings. The smallest absolute Gasteiger partial charge is 0.242 e. The second kappa shape index (κ2) is 8.73. The van der Waals surface area contributed by atoms with Crippen molar-refractivity contribution in [2.24, 2.45) is 5.92 Å². The summed E-state index contributed by atoms with van der Waals surface area (Å²) in [5, 5.41) is 13.5. The number of amides is 1. The molecular weight excluding hydrogens is 374 g/mol. The van der Waals surface area contributed by atoms with Gasteiger partial charge in [0.2, 0.25) is 5.91 Å². The minimum absolute atomic E-state index is 0.189. The van der Waals surface area contributed by atoms with Gasteiger partial charge in [0, 0.05) is 17.5 Å². The van der Waals surface area contributed by atoms with Gasteiger partial charge in [0.1, 0.15) is 16.8 Å². The van der Waals surface area contributed by atoms with E-state index < -0.39 is 5.92 Å². The van der Waals surface area contributed by atoms with E-state index >= 15 is 0 Å². The van der Waals surface area contributed by atoms with Crippen LogP contribution < -0.4 is 10.1 Å². The summed E-state index contributed by atoms with van der Waals surface area (Å²) >= 11 is 6.30. The number of rotatable bonds is 6. The number of fused-ring (bicyclic) bond motifs is 1. The molecule has 2 aromatic carbocycles. The zero-order valence-electron chi connectivity index (χ0n) is 15.7. The Labute approximate surface area is 168 Å². The zero-order chi connectivity index (χ0) is 20.1. The average molecular weight is 394 g/mol. The highest BCUT2D eigenvalue weighted by molar-refractivity contribution is 6.30. The monoisotopic (exact) mass is 393 g/mol. The molecule has 0 fully saturated rings. The minimum atomic E-state index is -0.881. The van der Waals surface area contributed by atoms with E-state index in [9.17, 15) is 10.1 Å². The summed E-state index contributed by atoms with van der Waals surface area (Å²) in [6.07, 6.45) is 0.189. The van der Waals surface area contributed by atoms with E-state index in [0.29, 0.717) is 23.0 Å². The lowest BCUT2D eigenvalue weighted by atomic mass is 9.99. The molecule has 5 nitrogen and oxygen atoms in total. The Morgan fingerprint density at radius 1 is 1.25 bits per heavy atom. The van der Waals surface area contributed by atoms with E-state index in [1.165, 1.54) is 0 Å². The van der Waals surface area contributed by atoms with Crippen LogP contribution in [-0.4, -0.2) is 17.5 Å². The standard InChI is InChI=1S/C22H20ClN3O2/c1-3-28-19-8-6-18(7-9-19)25-22(27)17(13-24)12-16-11-15-5-4-14(2)10-20(15)26-21(16)23/h4-11,17H,3,12H2,1-2H3,(H,25,27)/t17-/m1/s1. The van der Waals surface area contributed by atoms with Crippen molar-refractivity contribution in [1.82, 2.24) is 4.98 Å². The van der Waals surface area contributed by atoms with Crippen LogP contribution in [0.5, 0.6) is 5.75 Å². The molecule has 0 unspecified atom stereocenters. The molecule has 0 aliphatic carbocycles. The molecule has 0 radical (unpaired) electrons. The van der Waals surface area contributed by atoms with E-state index in [1.54, 1.807) is 24.3 Å². The predicted octanol–water partition coefficient (Wildman–Crippen LogP) is 4.92. The topological polar surface area (TPSA) is 75.0 Å². The van der Waals surface area contributed by atoms with Gasteiger partial charge in [-0.2, -0.15) is 5.26 Å². The molecule has 0 spiro atoms. The lowest BCUT2D eigenvalue weighted by Gasteiger charge is -2.12. The summed E-state index contributed by atoms with van der Waals surface area (Å²) in [7, 11) is 0. The second-order valence-electron chi connectivity index (χ2n) is 6.47. The number of halogens is 1. The molecule has 142 valence electrons. The third kappa shape index (κ3) is 4.59. The van der Waals surface area contributed by atoms with Crippen molar-refractivity contribution >= 4 is 34.1 Å². The normalized spacial score (nSPS) is 11.6. The predicted molar refractivity (Wildman–Crippen MR) is 111 cm³/mol. The number of nitrogens with one attached hydrogen (secondary N) is 1. The van der Waals surface area contributed by atoms with Gasteiger partial charge in [0.15, 0.2) is 0 Å². The third-order valence-corrected chi connectivity index (χ3v) is 4.66. The summed E-state index contributed by atoms with van der Waals surface area (Å²) < 4.78 is 5.38. The van der Waals surface area contributed by atoms with E-state index in [4.69, 9.17) is 16.3 Å². The molecule has 1 N–H and O–H groups in total. The van der Waals surface area contributed by atoms with E-state index in [2.05, 4.69) is 16.4 Å². The maximum absolute atomic E-state index is 12.5. The lowest BCUT2D eigenvalue weighted by Crippen LogP contribution is -2.23. The molecule has 28 heavy (non-hydrogen) atoms. The second-order valence-corrected chi connectivity index (χ2v) is 6.82. The van der Waals surface area contributed by atoms with Crippen molar-refractivity contribution in [3.63, 3.8) is 0 Å². The quantitative estimate of drug-likeness (QED) is 0.603. The van der Waals surface area contributed by atoms with Crippen molar-refractivity contribution in [3.8, 4) is 11.8 Å². The number of hydrogen-bond donors (Lipinski definition) is 1. The number of aryl methyl sites for hydroxylation is 1. The SMILES string of the molecule is CCOc1ccc(NC(=O)[C@@H](C#N)Cc2cc3ccc(C)cc3nc2Cl)cc1. The van der Waals surface area contributed by atoms with Gasteiger partial charge in [-0.15, -0.1) is 0 Å². The van der Waals surface area contributed by atoms with Crippen molar-refractivity contribution in [1.29, 1.82) is 5.26 Å². The first-order chi connectivity index (χ1) is 13.5. The summed E-state index contributed by atoms with van der Waals surface area (Å²) in [6, 6.07) is 16.9. The Morgan fingerprint density at radius 2 is 2.00 bits per heavy atom. The molecule has 1 atom stereocenters. The Bertz CT molecular complexity index is 1040. The van der Waals surface area contributed by atoms with Crippen molar-refractivity contribution < 1.29 is 9.53 Å². The number of pyridine rings is 1.